The summed E-state index contributed by atoms with van der Waals surface area (Å²) in [6, 6.07) is 0. The number of thiol groups is 1. The zero-order valence-electron chi connectivity index (χ0n) is 5.59. The highest BCUT2D eigenvalue weighted by Crippen LogP contribution is 2.35. The Morgan fingerprint density at radius 1 is 1.78 bits per heavy atom. The van der Waals surface area contributed by atoms with Crippen molar-refractivity contribution in [2.45, 2.75) is 18.3 Å². The van der Waals surface area contributed by atoms with Crippen LogP contribution in [-0.4, -0.2) is 23.0 Å². The molecule has 0 aromatic carbocycles. The van der Waals surface area contributed by atoms with Crippen LogP contribution in [0.4, 0.5) is 0 Å². The van der Waals surface area contributed by atoms with E-state index >= 15 is 0 Å². The molecule has 1 nitrogen and oxygen atoms in total. The van der Waals surface area contributed by atoms with Gasteiger partial charge in [-0.05, 0) is 19.1 Å². The first-order valence-electron chi connectivity index (χ1n) is 3.16. The molecule has 1 rings (SSSR count). The Kier molecular flexibility index (Phi) is 2.73. The first kappa shape index (κ1) is 7.76. The molecule has 0 bridgehead atoms. The topological polar surface area (TPSA) is 9.23 Å². The first-order valence-corrected chi connectivity index (χ1v) is 4.77. The Labute approximate surface area is 65.9 Å². The van der Waals surface area contributed by atoms with Crippen molar-refractivity contribution in [2.75, 3.05) is 18.1 Å². The van der Waals surface area contributed by atoms with E-state index in [0.717, 1.165) is 24.5 Å². The fourth-order valence-corrected chi connectivity index (χ4v) is 2.49. The van der Waals surface area contributed by atoms with Gasteiger partial charge in [0.1, 0.15) is 4.93 Å². The van der Waals surface area contributed by atoms with Crippen LogP contribution in [0.15, 0.2) is 0 Å². The summed E-state index contributed by atoms with van der Waals surface area (Å²) in [4.78, 5) is 0.0851. The summed E-state index contributed by atoms with van der Waals surface area (Å²) >= 11 is 6.05. The lowest BCUT2D eigenvalue weighted by molar-refractivity contribution is 0.0643. The third-order valence-electron chi connectivity index (χ3n) is 1.46. The van der Waals surface area contributed by atoms with Gasteiger partial charge in [-0.15, -0.1) is 11.8 Å². The predicted molar refractivity (Wildman–Crippen MR) is 45.3 cm³/mol. The lowest BCUT2D eigenvalue weighted by Gasteiger charge is -2.20. The maximum Gasteiger partial charge on any atom is 0.111 e. The lowest BCUT2D eigenvalue weighted by Crippen LogP contribution is -2.19. The van der Waals surface area contributed by atoms with Crippen molar-refractivity contribution < 1.29 is 4.74 Å². The maximum absolute atomic E-state index is 5.49. The second kappa shape index (κ2) is 3.17. The van der Waals surface area contributed by atoms with Gasteiger partial charge < -0.3 is 4.74 Å². The average Bonchev–Trinajstić information content (AvgIpc) is 2.16. The van der Waals surface area contributed by atoms with Crippen molar-refractivity contribution in [1.29, 1.82) is 0 Å². The van der Waals surface area contributed by atoms with Gasteiger partial charge in [0.2, 0.25) is 0 Å². The monoisotopic (exact) mass is 164 g/mol. The first-order chi connectivity index (χ1) is 4.27. The molecule has 1 atom stereocenters. The van der Waals surface area contributed by atoms with Crippen LogP contribution >= 0.6 is 24.4 Å². The van der Waals surface area contributed by atoms with E-state index in [1.807, 2.05) is 11.8 Å². The summed E-state index contributed by atoms with van der Waals surface area (Å²) in [5, 5.41) is 0. The van der Waals surface area contributed by atoms with Gasteiger partial charge in [-0.1, -0.05) is 0 Å². The molecule has 1 heterocycles. The molecule has 0 N–H and O–H groups in total. The van der Waals surface area contributed by atoms with E-state index in [0.29, 0.717) is 0 Å². The third kappa shape index (κ3) is 2.06. The van der Waals surface area contributed by atoms with E-state index in [4.69, 9.17) is 4.74 Å². The van der Waals surface area contributed by atoms with Crippen LogP contribution in [0.3, 0.4) is 0 Å². The smallest absolute Gasteiger partial charge is 0.111 e. The fraction of sp³-hybridized carbons (Fsp3) is 1.00. The highest BCUT2D eigenvalue weighted by Gasteiger charge is 2.29. The minimum atomic E-state index is 0.0851. The second-order valence-electron chi connectivity index (χ2n) is 2.30. The third-order valence-corrected chi connectivity index (χ3v) is 2.99. The molecule has 3 heteroatoms. The molecule has 1 saturated heterocycles. The van der Waals surface area contributed by atoms with Crippen LogP contribution in [-0.2, 0) is 4.74 Å². The van der Waals surface area contributed by atoms with Crippen molar-refractivity contribution in [3.8, 4) is 0 Å². The lowest BCUT2D eigenvalue weighted by atomic mass is 10.3. The van der Waals surface area contributed by atoms with E-state index in [1.54, 1.807) is 0 Å². The van der Waals surface area contributed by atoms with Gasteiger partial charge in [-0.2, -0.15) is 12.6 Å². The predicted octanol–water partition coefficient (Wildman–Crippen LogP) is 1.79. The maximum atomic E-state index is 5.49. The summed E-state index contributed by atoms with van der Waals surface area (Å²) in [5.74, 6) is 2.06. The highest BCUT2D eigenvalue weighted by molar-refractivity contribution is 8.00. The largest absolute Gasteiger partial charge is 0.364 e. The number of hydrogen-bond acceptors (Lipinski definition) is 3. The van der Waals surface area contributed by atoms with E-state index in [2.05, 4.69) is 19.6 Å². The Bertz CT molecular complexity index is 89.1. The molecule has 0 saturated carbocycles. The second-order valence-corrected chi connectivity index (χ2v) is 4.31. The van der Waals surface area contributed by atoms with Gasteiger partial charge in [0, 0.05) is 5.75 Å². The van der Waals surface area contributed by atoms with E-state index in [1.165, 1.54) is 0 Å². The molecule has 0 aromatic heterocycles. The van der Waals surface area contributed by atoms with Crippen LogP contribution < -0.4 is 0 Å². The minimum Gasteiger partial charge on any atom is -0.364 e. The number of thioether (sulfide) groups is 1. The van der Waals surface area contributed by atoms with Crippen LogP contribution in [0.2, 0.25) is 0 Å². The summed E-state index contributed by atoms with van der Waals surface area (Å²) < 4.78 is 5.49. The number of rotatable bonds is 2. The molecular weight excluding hydrogens is 152 g/mol. The van der Waals surface area contributed by atoms with Gasteiger partial charge in [0.25, 0.3) is 0 Å². The van der Waals surface area contributed by atoms with Crippen molar-refractivity contribution in [3.63, 3.8) is 0 Å². The summed E-state index contributed by atoms with van der Waals surface area (Å²) in [6.45, 7) is 3.05. The molecule has 1 fully saturated rings. The van der Waals surface area contributed by atoms with Crippen molar-refractivity contribution in [1.82, 2.24) is 0 Å². The normalized spacial score (nSPS) is 35.3. The highest BCUT2D eigenvalue weighted by atomic mass is 32.2. The quantitative estimate of drug-likeness (QED) is 0.623. The molecule has 0 spiro atoms. The van der Waals surface area contributed by atoms with Gasteiger partial charge >= 0.3 is 0 Å². The minimum absolute atomic E-state index is 0.0851. The van der Waals surface area contributed by atoms with Crippen LogP contribution in [0.1, 0.15) is 13.3 Å². The average molecular weight is 164 g/mol. The molecule has 9 heavy (non-hydrogen) atoms. The number of ether oxygens (including phenoxy) is 1. The molecule has 1 aliphatic heterocycles. The molecule has 54 valence electrons. The van der Waals surface area contributed by atoms with E-state index in [-0.39, 0.29) is 4.93 Å². The van der Waals surface area contributed by atoms with Crippen LogP contribution in [0.25, 0.3) is 0 Å². The van der Waals surface area contributed by atoms with Crippen LogP contribution in [0.5, 0.6) is 0 Å². The van der Waals surface area contributed by atoms with Gasteiger partial charge in [0.15, 0.2) is 0 Å². The Balaban J connectivity index is 2.32. The fourth-order valence-electron chi connectivity index (χ4n) is 0.904. The summed E-state index contributed by atoms with van der Waals surface area (Å²) in [5.41, 5.74) is 0. The summed E-state index contributed by atoms with van der Waals surface area (Å²) in [6.07, 6.45) is 1.06. The van der Waals surface area contributed by atoms with E-state index < -0.39 is 0 Å². The molecule has 1 aliphatic rings. The van der Waals surface area contributed by atoms with Gasteiger partial charge in [0.05, 0.1) is 6.61 Å². The van der Waals surface area contributed by atoms with Crippen LogP contribution in [0, 0.1) is 0 Å². The van der Waals surface area contributed by atoms with Gasteiger partial charge in [-0.3, -0.25) is 0 Å². The molecule has 0 unspecified atom stereocenters. The molecule has 0 amide bonds. The van der Waals surface area contributed by atoms with E-state index in [9.17, 15) is 0 Å². The van der Waals surface area contributed by atoms with Crippen molar-refractivity contribution in [3.05, 3.63) is 0 Å². The Morgan fingerprint density at radius 3 is 3.00 bits per heavy atom. The Morgan fingerprint density at radius 2 is 2.56 bits per heavy atom. The van der Waals surface area contributed by atoms with Gasteiger partial charge in [-0.25, -0.2) is 0 Å². The standard InChI is InChI=1S/C6H12OS2/c1-6(2-4-8)7-3-5-9-6/h8H,2-5H2,1H3/t6-/m0/s1. The molecule has 0 aliphatic carbocycles. The Hall–Kier alpha value is 0.660. The molecule has 0 radical (unpaired) electrons. The SMILES string of the molecule is C[C@]1(CCS)OCCS1. The van der Waals surface area contributed by atoms with Crippen molar-refractivity contribution >= 4 is 24.4 Å². The zero-order valence-corrected chi connectivity index (χ0v) is 7.30. The number of hydrogen-bond donors (Lipinski definition) is 1. The van der Waals surface area contributed by atoms with Crippen molar-refractivity contribution in [2.24, 2.45) is 0 Å². The molecule has 0 aromatic rings. The summed E-state index contributed by atoms with van der Waals surface area (Å²) in [7, 11) is 0. The molecular formula is C6H12OS2. The zero-order chi connectivity index (χ0) is 6.74.